The Kier molecular flexibility index (Phi) is 3.36. The second-order valence-electron chi connectivity index (χ2n) is 6.07. The quantitative estimate of drug-likeness (QED) is 0.856. The summed E-state index contributed by atoms with van der Waals surface area (Å²) in [6.45, 7) is 3.14. The van der Waals surface area contributed by atoms with Crippen molar-refractivity contribution in [3.8, 4) is 0 Å². The van der Waals surface area contributed by atoms with Gasteiger partial charge < -0.3 is 4.57 Å². The van der Waals surface area contributed by atoms with Crippen molar-refractivity contribution in [1.82, 2.24) is 14.5 Å². The van der Waals surface area contributed by atoms with Gasteiger partial charge in [0, 0.05) is 37.8 Å². The molecule has 0 radical (unpaired) electrons. The van der Waals surface area contributed by atoms with E-state index in [4.69, 9.17) is 0 Å². The largest absolute Gasteiger partial charge is 0.331 e. The monoisotopic (exact) mass is 279 g/mol. The molecule has 1 fully saturated rings. The zero-order valence-electron chi connectivity index (χ0n) is 12.3. The van der Waals surface area contributed by atoms with Crippen LogP contribution in [0.4, 0.5) is 0 Å². The summed E-state index contributed by atoms with van der Waals surface area (Å²) in [6.07, 6.45) is 10.4. The first-order valence-electron chi connectivity index (χ1n) is 7.89. The van der Waals surface area contributed by atoms with E-state index in [1.54, 1.807) is 0 Å². The standard InChI is InChI=1S/C18H21N3/c1-2-5-15(6-3-1)7-4-11-20-12-10-18-17(13-20)19-14-21(18)16-8-9-16/h1-7,14,16H,8-13H2/b7-4-. The molecule has 0 bridgehead atoms. The van der Waals surface area contributed by atoms with Crippen LogP contribution in [0.5, 0.6) is 0 Å². The lowest BCUT2D eigenvalue weighted by Gasteiger charge is -2.25. The Morgan fingerprint density at radius 1 is 1.19 bits per heavy atom. The number of benzene rings is 1. The third-order valence-corrected chi connectivity index (χ3v) is 4.43. The van der Waals surface area contributed by atoms with Crippen LogP contribution in [-0.2, 0) is 13.0 Å². The lowest BCUT2D eigenvalue weighted by Crippen LogP contribution is -2.31. The maximum atomic E-state index is 4.63. The van der Waals surface area contributed by atoms with Crippen LogP contribution < -0.4 is 0 Å². The SMILES string of the molecule is C(=C/c1ccccc1)/CN1CCc2c(ncn2C2CC2)C1. The molecule has 1 saturated carbocycles. The molecule has 3 nitrogen and oxygen atoms in total. The molecule has 1 aromatic carbocycles. The summed E-state index contributed by atoms with van der Waals surface area (Å²) in [5.74, 6) is 0. The molecule has 21 heavy (non-hydrogen) atoms. The van der Waals surface area contributed by atoms with Crippen LogP contribution in [0.15, 0.2) is 42.7 Å². The molecule has 2 aliphatic rings. The Morgan fingerprint density at radius 2 is 2.05 bits per heavy atom. The predicted octanol–water partition coefficient (Wildman–Crippen LogP) is 3.29. The first kappa shape index (κ1) is 12.8. The zero-order valence-corrected chi connectivity index (χ0v) is 12.3. The number of aromatic nitrogens is 2. The fourth-order valence-corrected chi connectivity index (χ4v) is 3.11. The van der Waals surface area contributed by atoms with Crippen molar-refractivity contribution in [3.63, 3.8) is 0 Å². The number of hydrogen-bond donors (Lipinski definition) is 0. The maximum Gasteiger partial charge on any atom is 0.0954 e. The lowest BCUT2D eigenvalue weighted by atomic mass is 10.1. The maximum absolute atomic E-state index is 4.63. The van der Waals surface area contributed by atoms with Crippen molar-refractivity contribution in [2.45, 2.75) is 31.8 Å². The smallest absolute Gasteiger partial charge is 0.0954 e. The predicted molar refractivity (Wildman–Crippen MR) is 85.0 cm³/mol. The molecule has 0 saturated heterocycles. The van der Waals surface area contributed by atoms with Gasteiger partial charge in [-0.2, -0.15) is 0 Å². The summed E-state index contributed by atoms with van der Waals surface area (Å²) in [7, 11) is 0. The van der Waals surface area contributed by atoms with Crippen molar-refractivity contribution in [2.24, 2.45) is 0 Å². The van der Waals surface area contributed by atoms with E-state index in [1.807, 2.05) is 0 Å². The van der Waals surface area contributed by atoms with E-state index in [0.717, 1.165) is 32.1 Å². The highest BCUT2D eigenvalue weighted by Gasteiger charge is 2.29. The minimum atomic E-state index is 0.755. The summed E-state index contributed by atoms with van der Waals surface area (Å²) in [5, 5.41) is 0. The Balaban J connectivity index is 1.38. The van der Waals surface area contributed by atoms with E-state index in [-0.39, 0.29) is 0 Å². The van der Waals surface area contributed by atoms with Gasteiger partial charge in [-0.25, -0.2) is 4.98 Å². The van der Waals surface area contributed by atoms with Gasteiger partial charge in [-0.15, -0.1) is 0 Å². The number of rotatable bonds is 4. The topological polar surface area (TPSA) is 21.1 Å². The molecule has 108 valence electrons. The fraction of sp³-hybridized carbons (Fsp3) is 0.389. The summed E-state index contributed by atoms with van der Waals surface area (Å²) in [5.41, 5.74) is 4.05. The Morgan fingerprint density at radius 3 is 2.86 bits per heavy atom. The van der Waals surface area contributed by atoms with Crippen LogP contribution >= 0.6 is 0 Å². The van der Waals surface area contributed by atoms with E-state index in [2.05, 4.69) is 63.3 Å². The molecule has 1 aliphatic heterocycles. The first-order valence-corrected chi connectivity index (χ1v) is 7.89. The normalized spacial score (nSPS) is 19.0. The molecule has 0 atom stereocenters. The third kappa shape index (κ3) is 2.79. The number of fused-ring (bicyclic) bond motifs is 1. The first-order chi connectivity index (χ1) is 10.4. The molecule has 0 N–H and O–H groups in total. The number of hydrogen-bond acceptors (Lipinski definition) is 2. The van der Waals surface area contributed by atoms with Gasteiger partial charge in [-0.3, -0.25) is 4.90 Å². The Hall–Kier alpha value is -1.87. The minimum absolute atomic E-state index is 0.755. The zero-order chi connectivity index (χ0) is 14.1. The van der Waals surface area contributed by atoms with Gasteiger partial charge in [0.15, 0.2) is 0 Å². The van der Waals surface area contributed by atoms with Gasteiger partial charge in [0.1, 0.15) is 0 Å². The number of nitrogens with zero attached hydrogens (tertiary/aromatic N) is 3. The highest BCUT2D eigenvalue weighted by Crippen LogP contribution is 2.37. The van der Waals surface area contributed by atoms with Crippen molar-refractivity contribution >= 4 is 6.08 Å². The van der Waals surface area contributed by atoms with Crippen LogP contribution in [0.3, 0.4) is 0 Å². The van der Waals surface area contributed by atoms with E-state index >= 15 is 0 Å². The van der Waals surface area contributed by atoms with Crippen LogP contribution in [-0.4, -0.2) is 27.5 Å². The average Bonchev–Trinajstić information content (AvgIpc) is 3.28. The molecular formula is C18H21N3. The van der Waals surface area contributed by atoms with Crippen LogP contribution in [0.2, 0.25) is 0 Å². The van der Waals surface area contributed by atoms with Crippen LogP contribution in [0.25, 0.3) is 6.08 Å². The Labute approximate surface area is 125 Å². The van der Waals surface area contributed by atoms with Crippen LogP contribution in [0, 0.1) is 0 Å². The molecule has 0 amide bonds. The molecule has 1 aromatic heterocycles. The molecule has 2 aromatic rings. The van der Waals surface area contributed by atoms with E-state index < -0.39 is 0 Å². The second-order valence-corrected chi connectivity index (χ2v) is 6.07. The van der Waals surface area contributed by atoms with E-state index in [9.17, 15) is 0 Å². The van der Waals surface area contributed by atoms with E-state index in [1.165, 1.54) is 29.8 Å². The van der Waals surface area contributed by atoms with Crippen molar-refractivity contribution in [3.05, 3.63) is 59.7 Å². The van der Waals surface area contributed by atoms with Gasteiger partial charge in [0.2, 0.25) is 0 Å². The molecule has 0 unspecified atom stereocenters. The average molecular weight is 279 g/mol. The van der Waals surface area contributed by atoms with Crippen LogP contribution in [0.1, 0.15) is 35.8 Å². The summed E-state index contributed by atoms with van der Waals surface area (Å²) < 4.78 is 2.42. The van der Waals surface area contributed by atoms with Gasteiger partial charge in [-0.05, 0) is 18.4 Å². The molecule has 4 rings (SSSR count). The lowest BCUT2D eigenvalue weighted by molar-refractivity contribution is 0.275. The summed E-state index contributed by atoms with van der Waals surface area (Å²) in [6, 6.07) is 11.3. The molecule has 0 spiro atoms. The van der Waals surface area contributed by atoms with Gasteiger partial charge in [0.25, 0.3) is 0 Å². The minimum Gasteiger partial charge on any atom is -0.331 e. The Bertz CT molecular complexity index is 638. The molecule has 2 heterocycles. The van der Waals surface area contributed by atoms with Crippen molar-refractivity contribution in [2.75, 3.05) is 13.1 Å². The number of imidazole rings is 1. The van der Waals surface area contributed by atoms with E-state index in [0.29, 0.717) is 0 Å². The third-order valence-electron chi connectivity index (χ3n) is 4.43. The van der Waals surface area contributed by atoms with Crippen molar-refractivity contribution in [1.29, 1.82) is 0 Å². The second kappa shape index (κ2) is 5.49. The molecule has 3 heteroatoms. The van der Waals surface area contributed by atoms with Gasteiger partial charge >= 0.3 is 0 Å². The van der Waals surface area contributed by atoms with Crippen molar-refractivity contribution < 1.29 is 0 Å². The highest BCUT2D eigenvalue weighted by molar-refractivity contribution is 5.48. The molecule has 1 aliphatic carbocycles. The highest BCUT2D eigenvalue weighted by atomic mass is 15.2. The molecular weight excluding hydrogens is 258 g/mol. The fourth-order valence-electron chi connectivity index (χ4n) is 3.11. The summed E-state index contributed by atoms with van der Waals surface area (Å²) >= 11 is 0. The van der Waals surface area contributed by atoms with Gasteiger partial charge in [-0.1, -0.05) is 42.5 Å². The summed E-state index contributed by atoms with van der Waals surface area (Å²) in [4.78, 5) is 7.11. The van der Waals surface area contributed by atoms with Gasteiger partial charge in [0.05, 0.1) is 12.0 Å².